The Kier molecular flexibility index (Phi) is 6.47. The smallest absolute Gasteiger partial charge is 0.270 e. The van der Waals surface area contributed by atoms with Crippen molar-refractivity contribution < 1.29 is 14.5 Å². The second-order valence-electron chi connectivity index (χ2n) is 5.37. The fourth-order valence-electron chi connectivity index (χ4n) is 2.30. The van der Waals surface area contributed by atoms with Gasteiger partial charge in [0.15, 0.2) is 0 Å². The first-order valence-corrected chi connectivity index (χ1v) is 7.95. The maximum Gasteiger partial charge on any atom is 0.270 e. The van der Waals surface area contributed by atoms with E-state index in [1.807, 2.05) is 31.2 Å². The molecule has 7 heteroatoms. The van der Waals surface area contributed by atoms with Gasteiger partial charge in [-0.3, -0.25) is 14.9 Å². The van der Waals surface area contributed by atoms with Crippen LogP contribution in [0.1, 0.15) is 28.4 Å². The molecular weight excluding hydrogens is 322 g/mol. The first kappa shape index (κ1) is 18.4. The summed E-state index contributed by atoms with van der Waals surface area (Å²) in [6.07, 6.45) is 0. The molecule has 0 saturated carbocycles. The van der Waals surface area contributed by atoms with Crippen molar-refractivity contribution in [2.24, 2.45) is 0 Å². The van der Waals surface area contributed by atoms with Crippen LogP contribution in [-0.2, 0) is 17.9 Å². The topological polar surface area (TPSA) is 93.5 Å². The lowest BCUT2D eigenvalue weighted by molar-refractivity contribution is -0.384. The molecular formula is C18H21N3O4. The predicted molar refractivity (Wildman–Crippen MR) is 95.6 cm³/mol. The molecule has 0 saturated heterocycles. The number of nitrogens with zero attached hydrogens (tertiary/aromatic N) is 1. The number of carbonyl (C=O) groups excluding carboxylic acids is 1. The molecule has 0 heterocycles. The lowest BCUT2D eigenvalue weighted by Crippen LogP contribution is -2.23. The van der Waals surface area contributed by atoms with Gasteiger partial charge in [0.05, 0.1) is 17.1 Å². The van der Waals surface area contributed by atoms with Gasteiger partial charge in [-0.25, -0.2) is 0 Å². The number of hydrogen-bond acceptors (Lipinski definition) is 5. The van der Waals surface area contributed by atoms with Gasteiger partial charge in [-0.15, -0.1) is 0 Å². The van der Waals surface area contributed by atoms with Gasteiger partial charge in [0.25, 0.3) is 11.6 Å². The van der Waals surface area contributed by atoms with Crippen LogP contribution in [0, 0.1) is 10.1 Å². The van der Waals surface area contributed by atoms with Crippen LogP contribution in [0.3, 0.4) is 0 Å². The Bertz CT molecular complexity index is 744. The monoisotopic (exact) mass is 343 g/mol. The van der Waals surface area contributed by atoms with Crippen molar-refractivity contribution in [2.45, 2.75) is 20.1 Å². The SMILES string of the molecule is CCOCc1ccc(CNC(=O)c2cc([N+](=O)[O-])ccc2NC)cc1. The van der Waals surface area contributed by atoms with Crippen LogP contribution in [0.25, 0.3) is 0 Å². The predicted octanol–water partition coefficient (Wildman–Crippen LogP) is 3.10. The summed E-state index contributed by atoms with van der Waals surface area (Å²) in [5, 5.41) is 16.6. The van der Waals surface area contributed by atoms with Crippen molar-refractivity contribution in [2.75, 3.05) is 19.0 Å². The zero-order valence-electron chi connectivity index (χ0n) is 14.2. The standard InChI is InChI=1S/C18H21N3O4/c1-3-25-12-14-6-4-13(5-7-14)11-20-18(22)16-10-15(21(23)24)8-9-17(16)19-2/h4-10,19H,3,11-12H2,1-2H3,(H,20,22). The summed E-state index contributed by atoms with van der Waals surface area (Å²) in [7, 11) is 1.66. The van der Waals surface area contributed by atoms with Crippen LogP contribution in [-0.4, -0.2) is 24.5 Å². The van der Waals surface area contributed by atoms with Gasteiger partial charge in [0.1, 0.15) is 0 Å². The Morgan fingerprint density at radius 1 is 1.16 bits per heavy atom. The average molecular weight is 343 g/mol. The molecule has 2 aromatic rings. The van der Waals surface area contributed by atoms with E-state index >= 15 is 0 Å². The molecule has 0 atom stereocenters. The molecule has 7 nitrogen and oxygen atoms in total. The molecule has 2 rings (SSSR count). The van der Waals surface area contributed by atoms with Crippen LogP contribution in [0.5, 0.6) is 0 Å². The highest BCUT2D eigenvalue weighted by atomic mass is 16.6. The van der Waals surface area contributed by atoms with Crippen molar-refractivity contribution in [1.82, 2.24) is 5.32 Å². The van der Waals surface area contributed by atoms with Gasteiger partial charge in [-0.2, -0.15) is 0 Å². The molecule has 0 unspecified atom stereocenters. The van der Waals surface area contributed by atoms with Crippen LogP contribution >= 0.6 is 0 Å². The van der Waals surface area contributed by atoms with E-state index in [2.05, 4.69) is 10.6 Å². The van der Waals surface area contributed by atoms with Crippen LogP contribution in [0.4, 0.5) is 11.4 Å². The number of carbonyl (C=O) groups is 1. The summed E-state index contributed by atoms with van der Waals surface area (Å²) in [6.45, 7) is 3.49. The number of non-ortho nitro benzene ring substituents is 1. The lowest BCUT2D eigenvalue weighted by Gasteiger charge is -2.10. The molecule has 0 aliphatic carbocycles. The number of amides is 1. The minimum Gasteiger partial charge on any atom is -0.387 e. The Hall–Kier alpha value is -2.93. The third-order valence-electron chi connectivity index (χ3n) is 3.68. The van der Waals surface area contributed by atoms with Crippen molar-refractivity contribution in [1.29, 1.82) is 0 Å². The fourth-order valence-corrected chi connectivity index (χ4v) is 2.30. The highest BCUT2D eigenvalue weighted by Crippen LogP contribution is 2.21. The van der Waals surface area contributed by atoms with Crippen molar-refractivity contribution in [3.63, 3.8) is 0 Å². The number of hydrogen-bond donors (Lipinski definition) is 2. The maximum atomic E-state index is 12.4. The van der Waals surface area contributed by atoms with E-state index in [1.165, 1.54) is 18.2 Å². The summed E-state index contributed by atoms with van der Waals surface area (Å²) >= 11 is 0. The van der Waals surface area contributed by atoms with Crippen molar-refractivity contribution in [3.8, 4) is 0 Å². The first-order valence-electron chi connectivity index (χ1n) is 7.95. The largest absolute Gasteiger partial charge is 0.387 e. The van der Waals surface area contributed by atoms with Crippen molar-refractivity contribution >= 4 is 17.3 Å². The fraction of sp³-hybridized carbons (Fsp3) is 0.278. The minimum absolute atomic E-state index is 0.121. The van der Waals surface area contributed by atoms with E-state index < -0.39 is 4.92 Å². The average Bonchev–Trinajstić information content (AvgIpc) is 2.64. The van der Waals surface area contributed by atoms with E-state index in [-0.39, 0.29) is 17.2 Å². The molecule has 0 aliphatic rings. The molecule has 0 fully saturated rings. The number of nitro benzene ring substituents is 1. The zero-order chi connectivity index (χ0) is 18.2. The second-order valence-corrected chi connectivity index (χ2v) is 5.37. The van der Waals surface area contributed by atoms with E-state index in [4.69, 9.17) is 4.74 Å². The van der Waals surface area contributed by atoms with E-state index in [9.17, 15) is 14.9 Å². The van der Waals surface area contributed by atoms with Crippen LogP contribution < -0.4 is 10.6 Å². The van der Waals surface area contributed by atoms with Gasteiger partial charge in [0.2, 0.25) is 0 Å². The van der Waals surface area contributed by atoms with Crippen LogP contribution in [0.15, 0.2) is 42.5 Å². The van der Waals surface area contributed by atoms with E-state index in [1.54, 1.807) is 7.05 Å². The van der Waals surface area contributed by atoms with Crippen LogP contribution in [0.2, 0.25) is 0 Å². The van der Waals surface area contributed by atoms with E-state index in [0.717, 1.165) is 11.1 Å². The summed E-state index contributed by atoms with van der Waals surface area (Å²) in [5.41, 5.74) is 2.65. The summed E-state index contributed by atoms with van der Waals surface area (Å²) in [4.78, 5) is 22.8. The van der Waals surface area contributed by atoms with Crippen molar-refractivity contribution in [3.05, 3.63) is 69.3 Å². The second kappa shape index (κ2) is 8.79. The molecule has 2 aromatic carbocycles. The minimum atomic E-state index is -0.521. The Morgan fingerprint density at radius 2 is 1.84 bits per heavy atom. The molecule has 0 spiro atoms. The number of benzene rings is 2. The molecule has 0 aromatic heterocycles. The molecule has 25 heavy (non-hydrogen) atoms. The Labute approximate surface area is 146 Å². The Balaban J connectivity index is 2.04. The summed E-state index contributed by atoms with van der Waals surface area (Å²) in [6, 6.07) is 11.9. The van der Waals surface area contributed by atoms with Gasteiger partial charge >= 0.3 is 0 Å². The maximum absolute atomic E-state index is 12.4. The van der Waals surface area contributed by atoms with Gasteiger partial charge in [-0.05, 0) is 24.1 Å². The summed E-state index contributed by atoms with van der Waals surface area (Å²) in [5.74, 6) is -0.369. The molecule has 0 radical (unpaired) electrons. The molecule has 0 aliphatic heterocycles. The lowest BCUT2D eigenvalue weighted by atomic mass is 10.1. The normalized spacial score (nSPS) is 10.3. The number of ether oxygens (including phenoxy) is 1. The zero-order valence-corrected chi connectivity index (χ0v) is 14.2. The number of anilines is 1. The highest BCUT2D eigenvalue weighted by molar-refractivity contribution is 6.00. The molecule has 1 amide bonds. The van der Waals surface area contributed by atoms with Gasteiger partial charge < -0.3 is 15.4 Å². The molecule has 132 valence electrons. The van der Waals surface area contributed by atoms with E-state index in [0.29, 0.717) is 25.4 Å². The number of nitro groups is 1. The molecule has 2 N–H and O–H groups in total. The molecule has 0 bridgehead atoms. The van der Waals surface area contributed by atoms with Gasteiger partial charge in [0, 0.05) is 38.0 Å². The third-order valence-corrected chi connectivity index (χ3v) is 3.68. The Morgan fingerprint density at radius 3 is 2.44 bits per heavy atom. The number of rotatable bonds is 8. The number of nitrogens with one attached hydrogen (secondary N) is 2. The quantitative estimate of drug-likeness (QED) is 0.567. The van der Waals surface area contributed by atoms with Gasteiger partial charge in [-0.1, -0.05) is 24.3 Å². The highest BCUT2D eigenvalue weighted by Gasteiger charge is 2.16. The summed E-state index contributed by atoms with van der Waals surface area (Å²) < 4.78 is 5.34. The first-order chi connectivity index (χ1) is 12.0. The third kappa shape index (κ3) is 5.02.